The van der Waals surface area contributed by atoms with E-state index in [2.05, 4.69) is 34.5 Å². The average molecular weight is 306 g/mol. The minimum absolute atomic E-state index is 0.0473. The van der Waals surface area contributed by atoms with Crippen molar-refractivity contribution in [1.29, 1.82) is 0 Å². The van der Waals surface area contributed by atoms with Crippen LogP contribution < -0.4 is 5.32 Å². The van der Waals surface area contributed by atoms with Gasteiger partial charge in [0.2, 0.25) is 5.91 Å². The maximum absolute atomic E-state index is 12.5. The van der Waals surface area contributed by atoms with Crippen molar-refractivity contribution in [1.82, 2.24) is 10.2 Å². The van der Waals surface area contributed by atoms with E-state index in [1.165, 1.54) is 5.56 Å². The number of nitrogens with zero attached hydrogens (tertiary/aromatic N) is 1. The van der Waals surface area contributed by atoms with Gasteiger partial charge in [0.1, 0.15) is 0 Å². The first-order chi connectivity index (χ1) is 10.2. The van der Waals surface area contributed by atoms with Crippen LogP contribution in [0.5, 0.6) is 0 Å². The average Bonchev–Trinajstić information content (AvgIpc) is 2.54. The molecule has 1 unspecified atom stereocenters. The summed E-state index contributed by atoms with van der Waals surface area (Å²) in [7, 11) is 2.00. The largest absolute Gasteiger partial charge is 0.342 e. The maximum atomic E-state index is 12.5. The van der Waals surface area contributed by atoms with Gasteiger partial charge in [-0.25, -0.2) is 0 Å². The van der Waals surface area contributed by atoms with Crippen molar-refractivity contribution < 1.29 is 4.79 Å². The third-order valence-electron chi connectivity index (χ3n) is 4.11. The van der Waals surface area contributed by atoms with Gasteiger partial charge in [0, 0.05) is 18.8 Å². The fourth-order valence-corrected chi connectivity index (χ4v) is 3.70. The molecule has 1 aromatic rings. The summed E-state index contributed by atoms with van der Waals surface area (Å²) in [6.07, 6.45) is 2.26. The van der Waals surface area contributed by atoms with Gasteiger partial charge in [0.05, 0.1) is 5.25 Å². The van der Waals surface area contributed by atoms with Crippen LogP contribution in [0.1, 0.15) is 25.3 Å². The summed E-state index contributed by atoms with van der Waals surface area (Å²) in [6, 6.07) is 10.4. The Morgan fingerprint density at radius 1 is 1.33 bits per heavy atom. The third kappa shape index (κ3) is 5.04. The van der Waals surface area contributed by atoms with Crippen LogP contribution in [0.4, 0.5) is 0 Å². The predicted molar refractivity (Wildman–Crippen MR) is 90.4 cm³/mol. The monoisotopic (exact) mass is 306 g/mol. The Morgan fingerprint density at radius 3 is 2.62 bits per heavy atom. The van der Waals surface area contributed by atoms with Crippen molar-refractivity contribution in [2.75, 3.05) is 26.7 Å². The molecule has 1 aliphatic heterocycles. The number of amides is 1. The zero-order valence-corrected chi connectivity index (χ0v) is 13.9. The lowest BCUT2D eigenvalue weighted by Gasteiger charge is -2.33. The zero-order valence-electron chi connectivity index (χ0n) is 13.0. The van der Waals surface area contributed by atoms with Crippen LogP contribution in [0.25, 0.3) is 0 Å². The summed E-state index contributed by atoms with van der Waals surface area (Å²) < 4.78 is 0. The molecule has 0 spiro atoms. The summed E-state index contributed by atoms with van der Waals surface area (Å²) in [5, 5.41) is 3.28. The third-order valence-corrected chi connectivity index (χ3v) is 5.31. The van der Waals surface area contributed by atoms with Crippen LogP contribution >= 0.6 is 11.8 Å². The van der Waals surface area contributed by atoms with Gasteiger partial charge in [-0.15, -0.1) is 11.8 Å². The summed E-state index contributed by atoms with van der Waals surface area (Å²) >= 11 is 1.74. The van der Waals surface area contributed by atoms with Crippen LogP contribution in [0.2, 0.25) is 0 Å². The molecule has 1 fully saturated rings. The van der Waals surface area contributed by atoms with E-state index in [4.69, 9.17) is 0 Å². The molecule has 1 N–H and O–H groups in total. The Kier molecular flexibility index (Phi) is 6.58. The van der Waals surface area contributed by atoms with Crippen LogP contribution in [-0.4, -0.2) is 42.7 Å². The van der Waals surface area contributed by atoms with Crippen molar-refractivity contribution in [2.45, 2.75) is 30.8 Å². The van der Waals surface area contributed by atoms with Crippen LogP contribution in [0.3, 0.4) is 0 Å². The first-order valence-corrected chi connectivity index (χ1v) is 8.84. The van der Waals surface area contributed by atoms with Gasteiger partial charge >= 0.3 is 0 Å². The molecule has 1 saturated heterocycles. The van der Waals surface area contributed by atoms with E-state index >= 15 is 0 Å². The lowest BCUT2D eigenvalue weighted by Crippen LogP contribution is -2.43. The maximum Gasteiger partial charge on any atom is 0.235 e. The van der Waals surface area contributed by atoms with E-state index in [1.807, 2.05) is 20.0 Å². The summed E-state index contributed by atoms with van der Waals surface area (Å²) in [5.74, 6) is 1.94. The van der Waals surface area contributed by atoms with Gasteiger partial charge < -0.3 is 10.2 Å². The lowest BCUT2D eigenvalue weighted by atomic mass is 9.97. The Bertz CT molecular complexity index is 430. The van der Waals surface area contributed by atoms with Gasteiger partial charge in [-0.3, -0.25) is 4.79 Å². The number of piperidine rings is 1. The highest BCUT2D eigenvalue weighted by Gasteiger charge is 2.25. The molecule has 1 aliphatic rings. The Balaban J connectivity index is 1.75. The smallest absolute Gasteiger partial charge is 0.235 e. The summed E-state index contributed by atoms with van der Waals surface area (Å²) in [5.41, 5.74) is 1.29. The normalized spacial score (nSPS) is 17.7. The van der Waals surface area contributed by atoms with Crippen molar-refractivity contribution >= 4 is 17.7 Å². The zero-order chi connectivity index (χ0) is 15.1. The fraction of sp³-hybridized carbons (Fsp3) is 0.588. The van der Waals surface area contributed by atoms with Gasteiger partial charge in [0.25, 0.3) is 0 Å². The summed E-state index contributed by atoms with van der Waals surface area (Å²) in [4.78, 5) is 14.5. The quantitative estimate of drug-likeness (QED) is 0.877. The van der Waals surface area contributed by atoms with Gasteiger partial charge in [0.15, 0.2) is 0 Å². The van der Waals surface area contributed by atoms with E-state index in [0.29, 0.717) is 5.91 Å². The molecule has 116 valence electrons. The first-order valence-electron chi connectivity index (χ1n) is 7.79. The molecule has 21 heavy (non-hydrogen) atoms. The Labute approximate surface area is 132 Å². The molecule has 0 radical (unpaired) electrons. The number of likely N-dealkylation sites (tertiary alicyclic amines) is 1. The molecule has 1 amide bonds. The SMILES string of the molecule is CNCC1CCN(C(=O)C(C)SCc2ccccc2)CC1. The van der Waals surface area contributed by atoms with Gasteiger partial charge in [-0.1, -0.05) is 30.3 Å². The van der Waals surface area contributed by atoms with Crippen molar-refractivity contribution in [3.63, 3.8) is 0 Å². The van der Waals surface area contributed by atoms with E-state index < -0.39 is 0 Å². The highest BCUT2D eigenvalue weighted by Crippen LogP contribution is 2.22. The van der Waals surface area contributed by atoms with Crippen LogP contribution in [0.15, 0.2) is 30.3 Å². The molecule has 0 aromatic heterocycles. The molecule has 1 aromatic carbocycles. The molecular weight excluding hydrogens is 280 g/mol. The molecule has 4 heteroatoms. The van der Waals surface area contributed by atoms with Gasteiger partial charge in [-0.2, -0.15) is 0 Å². The number of rotatable bonds is 6. The standard InChI is InChI=1S/C17H26N2OS/c1-14(21-13-16-6-4-3-5-7-16)17(20)19-10-8-15(9-11-19)12-18-2/h3-7,14-15,18H,8-13H2,1-2H3. The molecule has 2 rings (SSSR count). The number of hydrogen-bond acceptors (Lipinski definition) is 3. The predicted octanol–water partition coefficient (Wildman–Crippen LogP) is 2.77. The van der Waals surface area contributed by atoms with Crippen LogP contribution in [0, 0.1) is 5.92 Å². The van der Waals surface area contributed by atoms with E-state index in [9.17, 15) is 4.79 Å². The summed E-state index contributed by atoms with van der Waals surface area (Å²) in [6.45, 7) is 4.94. The number of carbonyl (C=O) groups is 1. The molecule has 1 heterocycles. The lowest BCUT2D eigenvalue weighted by molar-refractivity contribution is -0.131. The number of hydrogen-bond donors (Lipinski definition) is 1. The Morgan fingerprint density at radius 2 is 2.00 bits per heavy atom. The number of nitrogens with one attached hydrogen (secondary N) is 1. The first kappa shape index (κ1) is 16.4. The highest BCUT2D eigenvalue weighted by molar-refractivity contribution is 7.99. The van der Waals surface area contributed by atoms with Crippen molar-refractivity contribution in [3.05, 3.63) is 35.9 Å². The second kappa shape index (κ2) is 8.44. The van der Waals surface area contributed by atoms with E-state index in [1.54, 1.807) is 11.8 Å². The Hall–Kier alpha value is -1.00. The highest BCUT2D eigenvalue weighted by atomic mass is 32.2. The van der Waals surface area contributed by atoms with Crippen molar-refractivity contribution in [3.8, 4) is 0 Å². The second-order valence-electron chi connectivity index (χ2n) is 5.77. The molecule has 0 bridgehead atoms. The molecular formula is C17H26N2OS. The number of carbonyl (C=O) groups excluding carboxylic acids is 1. The van der Waals surface area contributed by atoms with E-state index in [0.717, 1.165) is 44.1 Å². The molecule has 0 saturated carbocycles. The number of thioether (sulfide) groups is 1. The molecule has 0 aliphatic carbocycles. The number of benzene rings is 1. The topological polar surface area (TPSA) is 32.3 Å². The van der Waals surface area contributed by atoms with E-state index in [-0.39, 0.29) is 5.25 Å². The minimum atomic E-state index is 0.0473. The fourth-order valence-electron chi connectivity index (χ4n) is 2.77. The van der Waals surface area contributed by atoms with Crippen molar-refractivity contribution in [2.24, 2.45) is 5.92 Å². The van der Waals surface area contributed by atoms with Gasteiger partial charge in [-0.05, 0) is 44.8 Å². The molecule has 3 nitrogen and oxygen atoms in total. The second-order valence-corrected chi connectivity index (χ2v) is 7.09. The van der Waals surface area contributed by atoms with Crippen LogP contribution in [-0.2, 0) is 10.5 Å². The molecule has 1 atom stereocenters. The minimum Gasteiger partial charge on any atom is -0.342 e.